The number of carbonyl (C=O) groups excluding carboxylic acids is 1. The van der Waals surface area contributed by atoms with Crippen LogP contribution in [0.2, 0.25) is 0 Å². The van der Waals surface area contributed by atoms with Gasteiger partial charge in [-0.3, -0.25) is 0 Å². The molecule has 0 saturated heterocycles. The Balaban J connectivity index is 1.68. The Bertz CT molecular complexity index is 596. The van der Waals surface area contributed by atoms with Crippen molar-refractivity contribution in [1.29, 1.82) is 0 Å². The first-order valence-electron chi connectivity index (χ1n) is 6.99. The molecule has 2 aromatic carbocycles. The predicted octanol–water partition coefficient (Wildman–Crippen LogP) is 4.12. The lowest BCUT2D eigenvalue weighted by Gasteiger charge is -2.08. The molecule has 22 heavy (non-hydrogen) atoms. The Morgan fingerprint density at radius 2 is 1.77 bits per heavy atom. The van der Waals surface area contributed by atoms with Crippen LogP contribution in [0.15, 0.2) is 53.0 Å². The third kappa shape index (κ3) is 5.07. The molecule has 0 amide bonds. The van der Waals surface area contributed by atoms with Gasteiger partial charge in [0.15, 0.2) is 0 Å². The average molecular weight is 364 g/mol. The summed E-state index contributed by atoms with van der Waals surface area (Å²) in [6.07, 6.45) is 0.884. The third-order valence-corrected chi connectivity index (χ3v) is 3.57. The van der Waals surface area contributed by atoms with Crippen molar-refractivity contribution >= 4 is 27.6 Å². The topological polar surface area (TPSA) is 47.6 Å². The second kappa shape index (κ2) is 8.44. The molecule has 0 unspecified atom stereocenters. The summed E-state index contributed by atoms with van der Waals surface area (Å²) in [7, 11) is 1.37. The van der Waals surface area contributed by atoms with Gasteiger partial charge in [0.1, 0.15) is 5.75 Å². The van der Waals surface area contributed by atoms with Crippen LogP contribution in [0.1, 0.15) is 16.8 Å². The first-order chi connectivity index (χ1) is 10.7. The molecule has 5 heteroatoms. The van der Waals surface area contributed by atoms with Crippen molar-refractivity contribution in [2.24, 2.45) is 0 Å². The van der Waals surface area contributed by atoms with E-state index in [9.17, 15) is 4.79 Å². The van der Waals surface area contributed by atoms with E-state index in [0.29, 0.717) is 12.2 Å². The Hall–Kier alpha value is -2.01. The van der Waals surface area contributed by atoms with Crippen molar-refractivity contribution in [2.45, 2.75) is 6.42 Å². The normalized spacial score (nSPS) is 10.1. The summed E-state index contributed by atoms with van der Waals surface area (Å²) in [6, 6.07) is 15.0. The molecule has 0 spiro atoms. The van der Waals surface area contributed by atoms with Crippen LogP contribution in [-0.2, 0) is 4.74 Å². The highest BCUT2D eigenvalue weighted by atomic mass is 79.9. The maximum absolute atomic E-state index is 11.3. The van der Waals surface area contributed by atoms with Crippen molar-refractivity contribution in [3.63, 3.8) is 0 Å². The van der Waals surface area contributed by atoms with Gasteiger partial charge in [-0.05, 0) is 55.0 Å². The fraction of sp³-hybridized carbons (Fsp3) is 0.235. The molecule has 0 radical (unpaired) electrons. The summed E-state index contributed by atoms with van der Waals surface area (Å²) >= 11 is 3.41. The van der Waals surface area contributed by atoms with Gasteiger partial charge < -0.3 is 14.8 Å². The van der Waals surface area contributed by atoms with Crippen molar-refractivity contribution in [1.82, 2.24) is 0 Å². The van der Waals surface area contributed by atoms with E-state index in [1.54, 1.807) is 24.3 Å². The monoisotopic (exact) mass is 363 g/mol. The molecule has 0 aromatic heterocycles. The number of hydrogen-bond acceptors (Lipinski definition) is 4. The Kier molecular flexibility index (Phi) is 6.27. The number of hydrogen-bond donors (Lipinski definition) is 1. The van der Waals surface area contributed by atoms with Gasteiger partial charge in [-0.2, -0.15) is 0 Å². The molecular formula is C17H18BrNO3. The summed E-state index contributed by atoms with van der Waals surface area (Å²) in [4.78, 5) is 11.3. The minimum atomic E-state index is -0.342. The van der Waals surface area contributed by atoms with Gasteiger partial charge in [-0.25, -0.2) is 4.79 Å². The standard InChI is InChI=1S/C17H18BrNO3/c1-21-17(20)13-3-9-16(10-4-13)22-12-2-11-19-15-7-5-14(18)6-8-15/h3-10,19H,2,11-12H2,1H3. The van der Waals surface area contributed by atoms with Crippen molar-refractivity contribution in [3.05, 3.63) is 58.6 Å². The zero-order valence-electron chi connectivity index (χ0n) is 12.3. The second-order valence-corrected chi connectivity index (χ2v) is 5.57. The molecule has 1 N–H and O–H groups in total. The largest absolute Gasteiger partial charge is 0.494 e. The Morgan fingerprint density at radius 3 is 2.41 bits per heavy atom. The molecule has 116 valence electrons. The molecule has 0 aliphatic rings. The van der Waals surface area contributed by atoms with Crippen molar-refractivity contribution in [3.8, 4) is 5.75 Å². The van der Waals surface area contributed by atoms with Gasteiger partial charge in [-0.1, -0.05) is 15.9 Å². The molecule has 0 saturated carbocycles. The lowest BCUT2D eigenvalue weighted by molar-refractivity contribution is 0.0600. The quantitative estimate of drug-likeness (QED) is 0.593. The maximum atomic E-state index is 11.3. The van der Waals surface area contributed by atoms with E-state index in [1.807, 2.05) is 24.3 Å². The van der Waals surface area contributed by atoms with Crippen LogP contribution in [0.3, 0.4) is 0 Å². The number of ether oxygens (including phenoxy) is 2. The summed E-state index contributed by atoms with van der Waals surface area (Å²) < 4.78 is 11.3. The number of benzene rings is 2. The van der Waals surface area contributed by atoms with Crippen LogP contribution in [0.25, 0.3) is 0 Å². The van der Waals surface area contributed by atoms with Crippen LogP contribution in [0.4, 0.5) is 5.69 Å². The van der Waals surface area contributed by atoms with E-state index < -0.39 is 0 Å². The smallest absolute Gasteiger partial charge is 0.337 e. The number of nitrogens with one attached hydrogen (secondary N) is 1. The van der Waals surface area contributed by atoms with Gasteiger partial charge in [0.25, 0.3) is 0 Å². The zero-order valence-corrected chi connectivity index (χ0v) is 13.9. The van der Waals surface area contributed by atoms with Gasteiger partial charge >= 0.3 is 5.97 Å². The van der Waals surface area contributed by atoms with E-state index in [4.69, 9.17) is 4.74 Å². The second-order valence-electron chi connectivity index (χ2n) is 4.65. The molecule has 0 atom stereocenters. The molecule has 4 nitrogen and oxygen atoms in total. The molecule has 0 heterocycles. The molecule has 2 rings (SSSR count). The number of esters is 1. The Labute approximate surface area is 138 Å². The molecule has 0 aliphatic heterocycles. The lowest BCUT2D eigenvalue weighted by Crippen LogP contribution is -2.07. The average Bonchev–Trinajstić information content (AvgIpc) is 2.56. The molecule has 2 aromatic rings. The van der Waals surface area contributed by atoms with Gasteiger partial charge in [0.2, 0.25) is 0 Å². The van der Waals surface area contributed by atoms with E-state index in [-0.39, 0.29) is 5.97 Å². The van der Waals surface area contributed by atoms with Crippen LogP contribution in [0.5, 0.6) is 5.75 Å². The van der Waals surface area contributed by atoms with Gasteiger partial charge in [0.05, 0.1) is 19.3 Å². The SMILES string of the molecule is COC(=O)c1ccc(OCCCNc2ccc(Br)cc2)cc1. The lowest BCUT2D eigenvalue weighted by atomic mass is 10.2. The number of anilines is 1. The van der Waals surface area contributed by atoms with E-state index in [1.165, 1.54) is 7.11 Å². The first-order valence-corrected chi connectivity index (χ1v) is 7.79. The first kappa shape index (κ1) is 16.4. The minimum absolute atomic E-state index is 0.342. The number of methoxy groups -OCH3 is 1. The van der Waals surface area contributed by atoms with Crippen LogP contribution >= 0.6 is 15.9 Å². The minimum Gasteiger partial charge on any atom is -0.494 e. The Morgan fingerprint density at radius 1 is 1.09 bits per heavy atom. The number of carbonyl (C=O) groups is 1. The maximum Gasteiger partial charge on any atom is 0.337 e. The van der Waals surface area contributed by atoms with E-state index >= 15 is 0 Å². The molecule has 0 aliphatic carbocycles. The van der Waals surface area contributed by atoms with Gasteiger partial charge in [-0.15, -0.1) is 0 Å². The molecule has 0 bridgehead atoms. The van der Waals surface area contributed by atoms with Gasteiger partial charge in [0, 0.05) is 16.7 Å². The number of rotatable bonds is 7. The van der Waals surface area contributed by atoms with Crippen LogP contribution in [0, 0.1) is 0 Å². The summed E-state index contributed by atoms with van der Waals surface area (Å²) in [5.74, 6) is 0.404. The van der Waals surface area contributed by atoms with Crippen LogP contribution < -0.4 is 10.1 Å². The fourth-order valence-electron chi connectivity index (χ4n) is 1.87. The predicted molar refractivity (Wildman–Crippen MR) is 90.5 cm³/mol. The molecule has 0 fully saturated rings. The highest BCUT2D eigenvalue weighted by Crippen LogP contribution is 2.15. The van der Waals surface area contributed by atoms with E-state index in [0.717, 1.165) is 28.9 Å². The fourth-order valence-corrected chi connectivity index (χ4v) is 2.13. The summed E-state index contributed by atoms with van der Waals surface area (Å²) in [6.45, 7) is 1.45. The van der Waals surface area contributed by atoms with E-state index in [2.05, 4.69) is 26.0 Å². The van der Waals surface area contributed by atoms with Crippen molar-refractivity contribution < 1.29 is 14.3 Å². The van der Waals surface area contributed by atoms with Crippen LogP contribution in [-0.4, -0.2) is 26.2 Å². The number of halogens is 1. The summed E-state index contributed by atoms with van der Waals surface area (Å²) in [5.41, 5.74) is 1.61. The zero-order chi connectivity index (χ0) is 15.8. The molecular weight excluding hydrogens is 346 g/mol. The van der Waals surface area contributed by atoms with Crippen molar-refractivity contribution in [2.75, 3.05) is 25.6 Å². The highest BCUT2D eigenvalue weighted by Gasteiger charge is 2.04. The summed E-state index contributed by atoms with van der Waals surface area (Å²) in [5, 5.41) is 3.33. The highest BCUT2D eigenvalue weighted by molar-refractivity contribution is 9.10. The third-order valence-electron chi connectivity index (χ3n) is 3.04.